The fraction of sp³-hybridized carbons (Fsp3) is 0.333. The Morgan fingerprint density at radius 2 is 2.33 bits per heavy atom. The minimum atomic E-state index is -0.299. The molecular formula is C9H9BrN2O2S. The van der Waals surface area contributed by atoms with Gasteiger partial charge in [-0.3, -0.25) is 10.1 Å². The van der Waals surface area contributed by atoms with E-state index in [9.17, 15) is 9.59 Å². The molecule has 0 aliphatic carbocycles. The van der Waals surface area contributed by atoms with Crippen LogP contribution in [0.5, 0.6) is 0 Å². The fourth-order valence-electron chi connectivity index (χ4n) is 1.36. The van der Waals surface area contributed by atoms with Crippen molar-refractivity contribution in [3.63, 3.8) is 0 Å². The minimum Gasteiger partial charge on any atom is -0.319 e. The number of nitrogens with one attached hydrogen (secondary N) is 1. The smallest absolute Gasteiger partial charge is 0.319 e. The minimum absolute atomic E-state index is 0.193. The Kier molecular flexibility index (Phi) is 3.06. The molecule has 15 heavy (non-hydrogen) atoms. The number of amides is 3. The van der Waals surface area contributed by atoms with Gasteiger partial charge in [0.05, 0.1) is 6.54 Å². The first kappa shape index (κ1) is 10.6. The molecular weight excluding hydrogens is 280 g/mol. The molecule has 1 aliphatic heterocycles. The second-order valence-electron chi connectivity index (χ2n) is 3.22. The number of hydrogen-bond acceptors (Lipinski definition) is 3. The molecule has 1 aliphatic rings. The Balaban J connectivity index is 2.04. The first-order valence-corrected chi connectivity index (χ1v) is 6.14. The van der Waals surface area contributed by atoms with E-state index < -0.39 is 0 Å². The van der Waals surface area contributed by atoms with Crippen LogP contribution in [-0.4, -0.2) is 23.4 Å². The predicted molar refractivity (Wildman–Crippen MR) is 60.6 cm³/mol. The SMILES string of the molecule is O=C1CCN(Cc2sccc2Br)C(=O)N1. The summed E-state index contributed by atoms with van der Waals surface area (Å²) in [6.07, 6.45) is 0.384. The summed E-state index contributed by atoms with van der Waals surface area (Å²) in [5.74, 6) is -0.193. The first-order valence-electron chi connectivity index (χ1n) is 4.47. The lowest BCUT2D eigenvalue weighted by atomic mass is 10.3. The van der Waals surface area contributed by atoms with E-state index in [1.807, 2.05) is 11.4 Å². The van der Waals surface area contributed by atoms with Gasteiger partial charge in [0.25, 0.3) is 0 Å². The number of nitrogens with zero attached hydrogens (tertiary/aromatic N) is 1. The van der Waals surface area contributed by atoms with Gasteiger partial charge in [0, 0.05) is 22.3 Å². The zero-order chi connectivity index (χ0) is 10.8. The van der Waals surface area contributed by atoms with Crippen LogP contribution in [0.15, 0.2) is 15.9 Å². The molecule has 2 heterocycles. The molecule has 0 spiro atoms. The van der Waals surface area contributed by atoms with Gasteiger partial charge in [0.1, 0.15) is 0 Å². The number of carbonyl (C=O) groups excluding carboxylic acids is 2. The van der Waals surface area contributed by atoms with Crippen molar-refractivity contribution < 1.29 is 9.59 Å². The molecule has 1 aromatic rings. The average Bonchev–Trinajstić information content (AvgIpc) is 2.57. The molecule has 0 bridgehead atoms. The Bertz CT molecular complexity index is 405. The van der Waals surface area contributed by atoms with E-state index >= 15 is 0 Å². The molecule has 4 nitrogen and oxygen atoms in total. The van der Waals surface area contributed by atoms with E-state index in [2.05, 4.69) is 21.2 Å². The number of imide groups is 1. The lowest BCUT2D eigenvalue weighted by Gasteiger charge is -2.26. The topological polar surface area (TPSA) is 49.4 Å². The molecule has 0 saturated carbocycles. The molecule has 1 fully saturated rings. The molecule has 0 aromatic carbocycles. The Hall–Kier alpha value is -0.880. The average molecular weight is 289 g/mol. The summed E-state index contributed by atoms with van der Waals surface area (Å²) in [6.45, 7) is 1.05. The van der Waals surface area contributed by atoms with Gasteiger partial charge in [-0.25, -0.2) is 4.79 Å². The maximum Gasteiger partial charge on any atom is 0.324 e. The van der Waals surface area contributed by atoms with Gasteiger partial charge in [-0.15, -0.1) is 11.3 Å². The second-order valence-corrected chi connectivity index (χ2v) is 5.07. The van der Waals surface area contributed by atoms with Crippen LogP contribution in [0, 0.1) is 0 Å². The van der Waals surface area contributed by atoms with Crippen molar-refractivity contribution in [3.8, 4) is 0 Å². The molecule has 1 N–H and O–H groups in total. The second kappa shape index (κ2) is 4.32. The predicted octanol–water partition coefficient (Wildman–Crippen LogP) is 1.95. The van der Waals surface area contributed by atoms with Crippen LogP contribution in [0.4, 0.5) is 4.79 Å². The Morgan fingerprint density at radius 3 is 2.93 bits per heavy atom. The fourth-order valence-corrected chi connectivity index (χ4v) is 2.85. The number of urea groups is 1. The van der Waals surface area contributed by atoms with E-state index in [1.54, 1.807) is 16.2 Å². The molecule has 3 amide bonds. The van der Waals surface area contributed by atoms with E-state index in [1.165, 1.54) is 0 Å². The van der Waals surface area contributed by atoms with Crippen molar-refractivity contribution in [2.45, 2.75) is 13.0 Å². The van der Waals surface area contributed by atoms with Crippen LogP contribution in [-0.2, 0) is 11.3 Å². The summed E-state index contributed by atoms with van der Waals surface area (Å²) in [5.41, 5.74) is 0. The summed E-state index contributed by atoms with van der Waals surface area (Å²) in [5, 5.41) is 4.26. The molecule has 6 heteroatoms. The third kappa shape index (κ3) is 2.38. The molecule has 0 radical (unpaired) electrons. The highest BCUT2D eigenvalue weighted by Gasteiger charge is 2.23. The molecule has 2 rings (SSSR count). The van der Waals surface area contributed by atoms with Crippen LogP contribution in [0.25, 0.3) is 0 Å². The summed E-state index contributed by atoms with van der Waals surface area (Å²) in [6, 6.07) is 1.65. The molecule has 80 valence electrons. The van der Waals surface area contributed by atoms with E-state index in [4.69, 9.17) is 0 Å². The zero-order valence-electron chi connectivity index (χ0n) is 7.83. The first-order chi connectivity index (χ1) is 7.16. The highest BCUT2D eigenvalue weighted by atomic mass is 79.9. The lowest BCUT2D eigenvalue weighted by Crippen LogP contribution is -2.48. The van der Waals surface area contributed by atoms with Gasteiger partial charge in [-0.05, 0) is 27.4 Å². The molecule has 0 unspecified atom stereocenters. The number of rotatable bonds is 2. The van der Waals surface area contributed by atoms with Crippen LogP contribution in [0.3, 0.4) is 0 Å². The zero-order valence-corrected chi connectivity index (χ0v) is 10.2. The van der Waals surface area contributed by atoms with Crippen LogP contribution >= 0.6 is 27.3 Å². The standard InChI is InChI=1S/C9H9BrN2O2S/c10-6-2-4-15-7(6)5-12-3-1-8(13)11-9(12)14/h2,4H,1,3,5H2,(H,11,13,14). The van der Waals surface area contributed by atoms with Gasteiger partial charge in [0.15, 0.2) is 0 Å². The largest absolute Gasteiger partial charge is 0.324 e. The van der Waals surface area contributed by atoms with E-state index in [-0.39, 0.29) is 11.9 Å². The van der Waals surface area contributed by atoms with Crippen molar-refractivity contribution in [2.75, 3.05) is 6.54 Å². The molecule has 0 atom stereocenters. The van der Waals surface area contributed by atoms with Crippen molar-refractivity contribution >= 4 is 39.2 Å². The van der Waals surface area contributed by atoms with Gasteiger partial charge in [-0.2, -0.15) is 0 Å². The van der Waals surface area contributed by atoms with Gasteiger partial charge >= 0.3 is 6.03 Å². The number of thiophene rings is 1. The summed E-state index contributed by atoms with van der Waals surface area (Å²) >= 11 is 5.00. The van der Waals surface area contributed by atoms with Gasteiger partial charge < -0.3 is 4.90 Å². The summed E-state index contributed by atoms with van der Waals surface area (Å²) < 4.78 is 1.01. The molecule has 1 saturated heterocycles. The van der Waals surface area contributed by atoms with E-state index in [0.717, 1.165) is 9.35 Å². The quantitative estimate of drug-likeness (QED) is 0.904. The summed E-state index contributed by atoms with van der Waals surface area (Å²) in [4.78, 5) is 25.1. The van der Waals surface area contributed by atoms with Crippen molar-refractivity contribution in [1.82, 2.24) is 10.2 Å². The van der Waals surface area contributed by atoms with Crippen LogP contribution < -0.4 is 5.32 Å². The third-order valence-electron chi connectivity index (χ3n) is 2.17. The normalized spacial score (nSPS) is 16.7. The van der Waals surface area contributed by atoms with E-state index in [0.29, 0.717) is 19.5 Å². The third-order valence-corrected chi connectivity index (χ3v) is 4.08. The highest BCUT2D eigenvalue weighted by molar-refractivity contribution is 9.10. The maximum atomic E-state index is 11.4. The van der Waals surface area contributed by atoms with Crippen LogP contribution in [0.2, 0.25) is 0 Å². The maximum absolute atomic E-state index is 11.4. The number of carbonyl (C=O) groups is 2. The Labute approximate surface area is 99.4 Å². The molecule has 1 aromatic heterocycles. The van der Waals surface area contributed by atoms with Gasteiger partial charge in [0.2, 0.25) is 5.91 Å². The monoisotopic (exact) mass is 288 g/mol. The number of hydrogen-bond donors (Lipinski definition) is 1. The number of halogens is 1. The van der Waals surface area contributed by atoms with Crippen molar-refractivity contribution in [3.05, 3.63) is 20.8 Å². The summed E-state index contributed by atoms with van der Waals surface area (Å²) in [7, 11) is 0. The van der Waals surface area contributed by atoms with Crippen molar-refractivity contribution in [1.29, 1.82) is 0 Å². The van der Waals surface area contributed by atoms with Crippen LogP contribution in [0.1, 0.15) is 11.3 Å². The highest BCUT2D eigenvalue weighted by Crippen LogP contribution is 2.24. The Morgan fingerprint density at radius 1 is 1.53 bits per heavy atom. The lowest BCUT2D eigenvalue weighted by molar-refractivity contribution is -0.121. The van der Waals surface area contributed by atoms with Crippen molar-refractivity contribution in [2.24, 2.45) is 0 Å². The van der Waals surface area contributed by atoms with Gasteiger partial charge in [-0.1, -0.05) is 0 Å².